The second kappa shape index (κ2) is 9.21. The van der Waals surface area contributed by atoms with Crippen molar-refractivity contribution in [3.63, 3.8) is 0 Å². The van der Waals surface area contributed by atoms with E-state index in [2.05, 4.69) is 36.0 Å². The predicted molar refractivity (Wildman–Crippen MR) is 93.4 cm³/mol. The van der Waals surface area contributed by atoms with E-state index in [1.807, 2.05) is 0 Å². The van der Waals surface area contributed by atoms with Crippen LogP contribution in [0.5, 0.6) is 0 Å². The van der Waals surface area contributed by atoms with Crippen molar-refractivity contribution in [2.45, 2.75) is 64.1 Å². The topological polar surface area (TPSA) is 27.7 Å². The van der Waals surface area contributed by atoms with Crippen molar-refractivity contribution in [3.8, 4) is 0 Å². The molecule has 1 N–H and O–H groups in total. The number of ether oxygens (including phenoxy) is 1. The molecule has 4 heteroatoms. The van der Waals surface area contributed by atoms with Crippen molar-refractivity contribution < 1.29 is 4.74 Å². The van der Waals surface area contributed by atoms with E-state index in [1.54, 1.807) is 7.11 Å². The lowest BCUT2D eigenvalue weighted by Crippen LogP contribution is -2.56. The number of likely N-dealkylation sites (N-methyl/N-ethyl adjacent to an activating group) is 1. The first-order chi connectivity index (χ1) is 10.6. The summed E-state index contributed by atoms with van der Waals surface area (Å²) in [4.78, 5) is 5.20. The van der Waals surface area contributed by atoms with E-state index in [0.29, 0.717) is 6.10 Å². The summed E-state index contributed by atoms with van der Waals surface area (Å²) in [7, 11) is 4.03. The van der Waals surface area contributed by atoms with E-state index in [0.717, 1.165) is 18.0 Å². The minimum atomic E-state index is 0.616. The second-order valence-electron chi connectivity index (χ2n) is 7.60. The molecular weight excluding hydrogens is 274 g/mol. The summed E-state index contributed by atoms with van der Waals surface area (Å²) in [6, 6.07) is 1.45. The number of hydrogen-bond donors (Lipinski definition) is 1. The van der Waals surface area contributed by atoms with Crippen molar-refractivity contribution in [1.82, 2.24) is 15.1 Å². The minimum absolute atomic E-state index is 0.616. The van der Waals surface area contributed by atoms with Crippen LogP contribution in [-0.2, 0) is 4.74 Å². The maximum absolute atomic E-state index is 4.99. The first-order valence-corrected chi connectivity index (χ1v) is 9.28. The molecule has 2 saturated heterocycles. The Bertz CT molecular complexity index is 288. The fourth-order valence-electron chi connectivity index (χ4n) is 3.95. The second-order valence-corrected chi connectivity index (χ2v) is 7.60. The Balaban J connectivity index is 0.000000246. The number of nitrogens with zero attached hydrogens (tertiary/aromatic N) is 2. The van der Waals surface area contributed by atoms with Crippen LogP contribution in [-0.4, -0.2) is 74.9 Å². The van der Waals surface area contributed by atoms with E-state index < -0.39 is 0 Å². The number of piperidine rings is 1. The van der Waals surface area contributed by atoms with Gasteiger partial charge >= 0.3 is 0 Å². The lowest BCUT2D eigenvalue weighted by Gasteiger charge is -2.45. The van der Waals surface area contributed by atoms with Crippen LogP contribution < -0.4 is 5.32 Å². The number of nitrogens with one attached hydrogen (secondary N) is 1. The van der Waals surface area contributed by atoms with Crippen molar-refractivity contribution >= 4 is 0 Å². The molecule has 0 spiro atoms. The van der Waals surface area contributed by atoms with E-state index in [4.69, 9.17) is 4.74 Å². The van der Waals surface area contributed by atoms with Crippen molar-refractivity contribution in [3.05, 3.63) is 0 Å². The molecule has 2 unspecified atom stereocenters. The van der Waals surface area contributed by atoms with Crippen LogP contribution in [0.3, 0.4) is 0 Å². The number of piperazine rings is 1. The van der Waals surface area contributed by atoms with Gasteiger partial charge in [0.2, 0.25) is 0 Å². The molecule has 4 nitrogen and oxygen atoms in total. The molecule has 3 aliphatic rings. The van der Waals surface area contributed by atoms with Gasteiger partial charge in [0.05, 0.1) is 6.10 Å². The average molecular weight is 312 g/mol. The van der Waals surface area contributed by atoms with Crippen molar-refractivity contribution in [1.29, 1.82) is 0 Å². The van der Waals surface area contributed by atoms with Crippen LogP contribution in [0.25, 0.3) is 0 Å². The average Bonchev–Trinajstić information content (AvgIpc) is 2.43. The van der Waals surface area contributed by atoms with Crippen LogP contribution >= 0.6 is 0 Å². The lowest BCUT2D eigenvalue weighted by atomic mass is 9.95. The highest BCUT2D eigenvalue weighted by molar-refractivity contribution is 4.85. The normalized spacial score (nSPS) is 32.2. The zero-order valence-electron chi connectivity index (χ0n) is 15.2. The lowest BCUT2D eigenvalue weighted by molar-refractivity contribution is 0.0353. The van der Waals surface area contributed by atoms with Crippen molar-refractivity contribution in [2.75, 3.05) is 46.9 Å². The van der Waals surface area contributed by atoms with E-state index in [1.165, 1.54) is 64.8 Å². The molecule has 2 heterocycles. The molecule has 2 aliphatic heterocycles. The van der Waals surface area contributed by atoms with Gasteiger partial charge in [-0.05, 0) is 72.0 Å². The molecule has 1 saturated carbocycles. The van der Waals surface area contributed by atoms with E-state index in [9.17, 15) is 0 Å². The van der Waals surface area contributed by atoms with Crippen LogP contribution in [0.2, 0.25) is 0 Å². The summed E-state index contributed by atoms with van der Waals surface area (Å²) < 4.78 is 4.99. The Labute approximate surface area is 137 Å². The van der Waals surface area contributed by atoms with E-state index >= 15 is 0 Å². The molecule has 3 rings (SSSR count). The van der Waals surface area contributed by atoms with Crippen molar-refractivity contribution in [2.24, 2.45) is 5.92 Å². The van der Waals surface area contributed by atoms with Gasteiger partial charge in [0.1, 0.15) is 0 Å². The highest BCUT2D eigenvalue weighted by Gasteiger charge is 2.29. The molecule has 0 amide bonds. The smallest absolute Gasteiger partial charge is 0.0571 e. The Hall–Kier alpha value is -0.160. The maximum atomic E-state index is 4.99. The first kappa shape index (κ1) is 18.2. The molecule has 0 aromatic heterocycles. The summed E-state index contributed by atoms with van der Waals surface area (Å²) in [6.45, 7) is 11.0. The summed E-state index contributed by atoms with van der Waals surface area (Å²) in [5, 5.41) is 3.45. The number of hydrogen-bond acceptors (Lipinski definition) is 4. The van der Waals surface area contributed by atoms with Crippen LogP contribution in [0.4, 0.5) is 0 Å². The number of rotatable bonds is 3. The Morgan fingerprint density at radius 2 is 1.59 bits per heavy atom. The number of methoxy groups -OCH3 is 1. The summed E-state index contributed by atoms with van der Waals surface area (Å²) in [5.41, 5.74) is 0. The van der Waals surface area contributed by atoms with Gasteiger partial charge < -0.3 is 15.0 Å². The van der Waals surface area contributed by atoms with Crippen LogP contribution in [0.1, 0.15) is 46.0 Å². The maximum Gasteiger partial charge on any atom is 0.0571 e. The van der Waals surface area contributed by atoms with Gasteiger partial charge in [-0.15, -0.1) is 0 Å². The van der Waals surface area contributed by atoms with Gasteiger partial charge in [0.25, 0.3) is 0 Å². The molecule has 2 atom stereocenters. The molecule has 130 valence electrons. The summed E-state index contributed by atoms with van der Waals surface area (Å²) in [5.74, 6) is 0.926. The quantitative estimate of drug-likeness (QED) is 0.865. The molecule has 3 fully saturated rings. The monoisotopic (exact) mass is 311 g/mol. The third kappa shape index (κ3) is 5.48. The van der Waals surface area contributed by atoms with Gasteiger partial charge in [-0.3, -0.25) is 4.90 Å². The highest BCUT2D eigenvalue weighted by atomic mass is 16.5. The van der Waals surface area contributed by atoms with Gasteiger partial charge in [-0.1, -0.05) is 0 Å². The van der Waals surface area contributed by atoms with E-state index in [-0.39, 0.29) is 0 Å². The van der Waals surface area contributed by atoms with Crippen LogP contribution in [0, 0.1) is 5.92 Å². The largest absolute Gasteiger partial charge is 0.381 e. The van der Waals surface area contributed by atoms with Gasteiger partial charge in [0.15, 0.2) is 0 Å². The Kier molecular flexibility index (Phi) is 7.61. The highest BCUT2D eigenvalue weighted by Crippen LogP contribution is 2.21. The zero-order valence-corrected chi connectivity index (χ0v) is 15.2. The molecule has 0 aromatic rings. The third-order valence-electron chi connectivity index (χ3n) is 5.60. The molecule has 22 heavy (non-hydrogen) atoms. The zero-order chi connectivity index (χ0) is 15.9. The predicted octanol–water partition coefficient (Wildman–Crippen LogP) is 2.20. The molecule has 0 aromatic carbocycles. The standard InChI is InChI=1S/C13H27N3.C5H10O/c1-11-8-15(3)9-12(2)16(11)10-13-4-6-14-7-5-13;1-6-5-3-2-4-5/h11-14H,4-10H2,1-3H3;5H,2-4H2,1H3. The first-order valence-electron chi connectivity index (χ1n) is 9.28. The fraction of sp³-hybridized carbons (Fsp3) is 1.00. The van der Waals surface area contributed by atoms with Gasteiger partial charge in [0, 0.05) is 38.8 Å². The molecule has 0 bridgehead atoms. The van der Waals surface area contributed by atoms with Crippen LogP contribution in [0.15, 0.2) is 0 Å². The summed E-state index contributed by atoms with van der Waals surface area (Å²) >= 11 is 0. The van der Waals surface area contributed by atoms with Gasteiger partial charge in [-0.25, -0.2) is 0 Å². The molecule has 1 aliphatic carbocycles. The summed E-state index contributed by atoms with van der Waals surface area (Å²) in [6.07, 6.45) is 7.30. The molecule has 0 radical (unpaired) electrons. The minimum Gasteiger partial charge on any atom is -0.381 e. The fourth-order valence-corrected chi connectivity index (χ4v) is 3.95. The molecular formula is C18H37N3O. The SMILES string of the molecule is CC1CN(C)CC(C)N1CC1CCNCC1.COC1CCC1. The Morgan fingerprint density at radius 1 is 1.00 bits per heavy atom. The Morgan fingerprint density at radius 3 is 2.00 bits per heavy atom. The third-order valence-corrected chi connectivity index (χ3v) is 5.60. The van der Waals surface area contributed by atoms with Gasteiger partial charge in [-0.2, -0.15) is 0 Å².